The fourth-order valence-electron chi connectivity index (χ4n) is 3.27. The average molecular weight is 370 g/mol. The quantitative estimate of drug-likeness (QED) is 0.323. The predicted octanol–water partition coefficient (Wildman–Crippen LogP) is 5.26. The zero-order valence-electron chi connectivity index (χ0n) is 15.1. The Balaban J connectivity index is 1.96. The maximum Gasteiger partial charge on any atom is 0.269 e. The van der Waals surface area contributed by atoms with E-state index in [1.165, 1.54) is 12.1 Å². The van der Waals surface area contributed by atoms with Gasteiger partial charge in [0.1, 0.15) is 0 Å². The molecule has 5 heteroatoms. The molecule has 0 radical (unpaired) electrons. The fraction of sp³-hybridized carbons (Fsp3) is 0.130. The normalized spacial score (nSPS) is 12.5. The number of carbonyl (C=O) groups excluding carboxylic acids is 1. The Kier molecular flexibility index (Phi) is 5.93. The van der Waals surface area contributed by atoms with Crippen LogP contribution in [0.4, 0.5) is 5.69 Å². The maximum absolute atomic E-state index is 12.8. The van der Waals surface area contributed by atoms with Gasteiger partial charge in [-0.3, -0.25) is 14.9 Å². The van der Waals surface area contributed by atoms with Crippen molar-refractivity contribution in [1.82, 2.24) is 0 Å². The summed E-state index contributed by atoms with van der Waals surface area (Å²) in [5, 5.41) is 20.8. The second kappa shape index (κ2) is 8.74. The number of hydrogen-bond acceptors (Lipinski definition) is 4. The number of benzene rings is 3. The Morgan fingerprint density at radius 2 is 1.46 bits per heavy atom. The first-order valence-electron chi connectivity index (χ1n) is 8.87. The van der Waals surface area contributed by atoms with E-state index in [-0.39, 0.29) is 23.8 Å². The predicted molar refractivity (Wildman–Crippen MR) is 106 cm³/mol. The van der Waals surface area contributed by atoms with E-state index < -0.39 is 10.8 Å². The van der Waals surface area contributed by atoms with Crippen LogP contribution in [0.5, 0.6) is 0 Å². The van der Waals surface area contributed by atoms with E-state index in [0.29, 0.717) is 11.1 Å². The van der Waals surface area contributed by atoms with E-state index in [9.17, 15) is 20.2 Å². The number of non-ortho nitro benzene ring substituents is 1. The van der Waals surface area contributed by atoms with Crippen molar-refractivity contribution in [2.75, 3.05) is 0 Å². The Morgan fingerprint density at radius 1 is 0.893 bits per heavy atom. The highest BCUT2D eigenvalue weighted by Gasteiger charge is 2.28. The molecule has 0 fully saturated rings. The number of Topliss-reactive ketones (excluding diaryl/α,β-unsaturated/α-hetero) is 1. The van der Waals surface area contributed by atoms with Gasteiger partial charge in [-0.05, 0) is 11.1 Å². The minimum atomic E-state index is -0.601. The monoisotopic (exact) mass is 370 g/mol. The number of rotatable bonds is 7. The van der Waals surface area contributed by atoms with Crippen LogP contribution in [0.15, 0.2) is 84.9 Å². The van der Waals surface area contributed by atoms with Crippen molar-refractivity contribution in [2.45, 2.75) is 18.3 Å². The van der Waals surface area contributed by atoms with Crippen LogP contribution in [0.25, 0.3) is 0 Å². The van der Waals surface area contributed by atoms with Gasteiger partial charge < -0.3 is 0 Å². The summed E-state index contributed by atoms with van der Waals surface area (Å²) in [6.07, 6.45) is 0.170. The van der Waals surface area contributed by atoms with Gasteiger partial charge in [0.2, 0.25) is 0 Å². The number of ketones is 1. The standard InChI is InChI=1S/C23H18N2O3/c24-16-22(18-11-13-20(14-12-18)25(27)28)21(17-7-3-1-4-8-17)15-23(26)19-9-5-2-6-10-19/h1-14,21-22H,15H2/t21-,22+/m1/s1. The highest BCUT2D eigenvalue weighted by atomic mass is 16.6. The molecular formula is C23H18N2O3. The van der Waals surface area contributed by atoms with Crippen LogP contribution in [0.2, 0.25) is 0 Å². The molecule has 0 aliphatic rings. The summed E-state index contributed by atoms with van der Waals surface area (Å²) in [4.78, 5) is 23.3. The van der Waals surface area contributed by atoms with E-state index in [0.717, 1.165) is 5.56 Å². The lowest BCUT2D eigenvalue weighted by atomic mass is 9.78. The molecule has 0 saturated carbocycles. The molecule has 0 bridgehead atoms. The third-order valence-corrected chi connectivity index (χ3v) is 4.73. The average Bonchev–Trinajstić information content (AvgIpc) is 2.75. The zero-order valence-corrected chi connectivity index (χ0v) is 15.1. The molecule has 138 valence electrons. The smallest absolute Gasteiger partial charge is 0.269 e. The van der Waals surface area contributed by atoms with Gasteiger partial charge in [-0.25, -0.2) is 0 Å². The van der Waals surface area contributed by atoms with Crippen LogP contribution in [0.3, 0.4) is 0 Å². The summed E-state index contributed by atoms with van der Waals surface area (Å²) in [6.45, 7) is 0. The molecule has 3 rings (SSSR count). The molecule has 0 aromatic heterocycles. The van der Waals surface area contributed by atoms with Crippen LogP contribution in [0.1, 0.15) is 39.7 Å². The Morgan fingerprint density at radius 3 is 2.00 bits per heavy atom. The summed E-state index contributed by atoms with van der Waals surface area (Å²) in [5.74, 6) is -1.01. The van der Waals surface area contributed by atoms with E-state index >= 15 is 0 Å². The fourth-order valence-corrected chi connectivity index (χ4v) is 3.27. The first kappa shape index (κ1) is 19.0. The first-order chi connectivity index (χ1) is 13.6. The summed E-state index contributed by atoms with van der Waals surface area (Å²) < 4.78 is 0. The van der Waals surface area contributed by atoms with Crippen molar-refractivity contribution in [2.24, 2.45) is 0 Å². The molecule has 0 amide bonds. The van der Waals surface area contributed by atoms with E-state index in [1.54, 1.807) is 24.3 Å². The lowest BCUT2D eigenvalue weighted by molar-refractivity contribution is -0.384. The third kappa shape index (κ3) is 4.30. The summed E-state index contributed by atoms with van der Waals surface area (Å²) >= 11 is 0. The molecule has 28 heavy (non-hydrogen) atoms. The van der Waals surface area contributed by atoms with Crippen molar-refractivity contribution in [3.05, 3.63) is 112 Å². The second-order valence-electron chi connectivity index (χ2n) is 6.47. The van der Waals surface area contributed by atoms with Crippen LogP contribution in [-0.2, 0) is 0 Å². The third-order valence-electron chi connectivity index (χ3n) is 4.73. The number of nitrogens with zero attached hydrogens (tertiary/aromatic N) is 2. The Hall–Kier alpha value is -3.78. The molecule has 0 unspecified atom stereocenters. The summed E-state index contributed by atoms with van der Waals surface area (Å²) in [6, 6.07) is 26.7. The molecule has 0 saturated heterocycles. The summed E-state index contributed by atoms with van der Waals surface area (Å²) in [5.41, 5.74) is 2.11. The number of carbonyl (C=O) groups is 1. The number of nitro benzene ring substituents is 1. The minimum absolute atomic E-state index is 0.0305. The van der Waals surface area contributed by atoms with Crippen LogP contribution in [-0.4, -0.2) is 10.7 Å². The molecule has 0 aliphatic carbocycles. The molecule has 3 aromatic rings. The lowest BCUT2D eigenvalue weighted by Crippen LogP contribution is -2.15. The Bertz CT molecular complexity index is 994. The van der Waals surface area contributed by atoms with Gasteiger partial charge in [0, 0.05) is 30.0 Å². The lowest BCUT2D eigenvalue weighted by Gasteiger charge is -2.22. The second-order valence-corrected chi connectivity index (χ2v) is 6.47. The van der Waals surface area contributed by atoms with Gasteiger partial charge in [0.05, 0.1) is 16.9 Å². The van der Waals surface area contributed by atoms with Gasteiger partial charge in [0.25, 0.3) is 5.69 Å². The van der Waals surface area contributed by atoms with Crippen molar-refractivity contribution >= 4 is 11.5 Å². The number of nitriles is 1. The molecular weight excluding hydrogens is 352 g/mol. The van der Waals surface area contributed by atoms with E-state index in [4.69, 9.17) is 0 Å². The first-order valence-corrected chi connectivity index (χ1v) is 8.87. The van der Waals surface area contributed by atoms with Gasteiger partial charge in [0.15, 0.2) is 5.78 Å². The van der Waals surface area contributed by atoms with Gasteiger partial charge >= 0.3 is 0 Å². The topological polar surface area (TPSA) is 84.0 Å². The van der Waals surface area contributed by atoms with Crippen molar-refractivity contribution < 1.29 is 9.72 Å². The Labute approximate surface area is 163 Å². The van der Waals surface area contributed by atoms with Gasteiger partial charge in [-0.2, -0.15) is 5.26 Å². The highest BCUT2D eigenvalue weighted by molar-refractivity contribution is 5.96. The minimum Gasteiger partial charge on any atom is -0.294 e. The number of nitro groups is 1. The molecule has 0 aliphatic heterocycles. The van der Waals surface area contributed by atoms with Gasteiger partial charge in [-0.1, -0.05) is 72.8 Å². The zero-order chi connectivity index (χ0) is 19.9. The molecule has 0 heterocycles. The molecule has 0 N–H and O–H groups in total. The van der Waals surface area contributed by atoms with Crippen LogP contribution in [0, 0.1) is 21.4 Å². The molecule has 2 atom stereocenters. The van der Waals surface area contributed by atoms with Crippen LogP contribution < -0.4 is 0 Å². The molecule has 0 spiro atoms. The van der Waals surface area contributed by atoms with Gasteiger partial charge in [-0.15, -0.1) is 0 Å². The SMILES string of the molecule is N#C[C@@H](c1ccc([N+](=O)[O-])cc1)[C@H](CC(=O)c1ccccc1)c1ccccc1. The molecule has 3 aromatic carbocycles. The summed E-state index contributed by atoms with van der Waals surface area (Å²) in [7, 11) is 0. The van der Waals surface area contributed by atoms with Crippen molar-refractivity contribution in [1.29, 1.82) is 5.26 Å². The van der Waals surface area contributed by atoms with Crippen LogP contribution >= 0.6 is 0 Å². The molecule has 5 nitrogen and oxygen atoms in total. The van der Waals surface area contributed by atoms with Crippen molar-refractivity contribution in [3.63, 3.8) is 0 Å². The van der Waals surface area contributed by atoms with E-state index in [2.05, 4.69) is 6.07 Å². The van der Waals surface area contributed by atoms with Crippen molar-refractivity contribution in [3.8, 4) is 6.07 Å². The maximum atomic E-state index is 12.8. The number of hydrogen-bond donors (Lipinski definition) is 0. The van der Waals surface area contributed by atoms with E-state index in [1.807, 2.05) is 48.5 Å². The largest absolute Gasteiger partial charge is 0.294 e. The highest BCUT2D eigenvalue weighted by Crippen LogP contribution is 2.36.